The fourth-order valence-corrected chi connectivity index (χ4v) is 2.97. The maximum Gasteiger partial charge on any atom is 0.0130 e. The van der Waals surface area contributed by atoms with Crippen LogP contribution in [0, 0.1) is 12.3 Å². The van der Waals surface area contributed by atoms with E-state index in [9.17, 15) is 0 Å². The first-order chi connectivity index (χ1) is 7.55. The Morgan fingerprint density at radius 2 is 2.12 bits per heavy atom. The lowest BCUT2D eigenvalue weighted by atomic mass is 9.56. The Balaban J connectivity index is 2.14. The summed E-state index contributed by atoms with van der Waals surface area (Å²) in [4.78, 5) is 0. The molecule has 1 N–H and O–H groups in total. The van der Waals surface area contributed by atoms with E-state index in [1.165, 1.54) is 17.5 Å². The molecule has 88 valence electrons. The lowest BCUT2D eigenvalue weighted by Crippen LogP contribution is -2.55. The molecule has 1 heteroatoms. The molecule has 1 saturated carbocycles. The Morgan fingerprint density at radius 1 is 1.38 bits per heavy atom. The number of nitrogens with one attached hydrogen (secondary N) is 1. The van der Waals surface area contributed by atoms with Crippen LogP contribution in [0.25, 0.3) is 0 Å². The smallest absolute Gasteiger partial charge is 0.0130 e. The third-order valence-corrected chi connectivity index (χ3v) is 4.16. The van der Waals surface area contributed by atoms with E-state index in [1.807, 2.05) is 0 Å². The molecule has 0 amide bonds. The van der Waals surface area contributed by atoms with E-state index in [4.69, 9.17) is 0 Å². The van der Waals surface area contributed by atoms with Crippen LogP contribution >= 0.6 is 0 Å². The third kappa shape index (κ3) is 1.89. The quantitative estimate of drug-likeness (QED) is 0.817. The maximum atomic E-state index is 3.59. The number of hydrogen-bond donors (Lipinski definition) is 1. The van der Waals surface area contributed by atoms with E-state index in [0.29, 0.717) is 11.5 Å². The molecular formula is C15H23N. The van der Waals surface area contributed by atoms with Gasteiger partial charge in [-0.25, -0.2) is 0 Å². The van der Waals surface area contributed by atoms with E-state index in [2.05, 4.69) is 57.3 Å². The van der Waals surface area contributed by atoms with E-state index in [1.54, 1.807) is 0 Å². The fraction of sp³-hybridized carbons (Fsp3) is 0.600. The number of hydrogen-bond acceptors (Lipinski definition) is 1. The van der Waals surface area contributed by atoms with Gasteiger partial charge in [0.25, 0.3) is 0 Å². The first-order valence-electron chi connectivity index (χ1n) is 6.35. The largest absolute Gasteiger partial charge is 0.314 e. The summed E-state index contributed by atoms with van der Waals surface area (Å²) in [6.07, 6.45) is 1.28. The van der Waals surface area contributed by atoms with Crippen LogP contribution in [-0.4, -0.2) is 12.6 Å². The Bertz CT molecular complexity index is 367. The molecule has 0 aromatic heterocycles. The Hall–Kier alpha value is -0.820. The molecule has 2 atom stereocenters. The zero-order valence-electron chi connectivity index (χ0n) is 10.9. The lowest BCUT2D eigenvalue weighted by Gasteiger charge is -2.53. The van der Waals surface area contributed by atoms with Crippen molar-refractivity contribution in [1.29, 1.82) is 0 Å². The number of aryl methyl sites for hydroxylation is 1. The van der Waals surface area contributed by atoms with Gasteiger partial charge in [-0.05, 0) is 36.8 Å². The van der Waals surface area contributed by atoms with E-state index in [0.717, 1.165) is 12.5 Å². The molecule has 0 aliphatic heterocycles. The molecule has 0 bridgehead atoms. The Labute approximate surface area is 99.3 Å². The summed E-state index contributed by atoms with van der Waals surface area (Å²) in [7, 11) is 0. The Kier molecular flexibility index (Phi) is 3.07. The second-order valence-electron chi connectivity index (χ2n) is 5.63. The molecule has 1 aliphatic rings. The number of benzene rings is 1. The van der Waals surface area contributed by atoms with Crippen LogP contribution in [0.15, 0.2) is 24.3 Å². The van der Waals surface area contributed by atoms with Crippen molar-refractivity contribution in [3.63, 3.8) is 0 Å². The molecule has 2 rings (SSSR count). The second-order valence-corrected chi connectivity index (χ2v) is 5.63. The summed E-state index contributed by atoms with van der Waals surface area (Å²) in [6.45, 7) is 10.2. The highest BCUT2D eigenvalue weighted by Crippen LogP contribution is 2.52. The molecule has 1 nitrogen and oxygen atoms in total. The van der Waals surface area contributed by atoms with Gasteiger partial charge in [-0.3, -0.25) is 0 Å². The number of rotatable bonds is 3. The second kappa shape index (κ2) is 4.21. The van der Waals surface area contributed by atoms with Gasteiger partial charge >= 0.3 is 0 Å². The molecule has 16 heavy (non-hydrogen) atoms. The molecule has 0 radical (unpaired) electrons. The minimum atomic E-state index is 0.393. The van der Waals surface area contributed by atoms with Crippen molar-refractivity contribution in [3.8, 4) is 0 Å². The predicted octanol–water partition coefficient (Wildman–Crippen LogP) is 3.49. The van der Waals surface area contributed by atoms with Crippen LogP contribution in [0.4, 0.5) is 0 Å². The molecule has 0 heterocycles. The summed E-state index contributed by atoms with van der Waals surface area (Å²) >= 11 is 0. The topological polar surface area (TPSA) is 12.0 Å². The van der Waals surface area contributed by atoms with Gasteiger partial charge in [-0.2, -0.15) is 0 Å². The zero-order valence-corrected chi connectivity index (χ0v) is 10.9. The normalized spacial score (nSPS) is 27.5. The average Bonchev–Trinajstić information content (AvgIpc) is 2.23. The van der Waals surface area contributed by atoms with Crippen molar-refractivity contribution in [2.75, 3.05) is 6.54 Å². The van der Waals surface area contributed by atoms with E-state index < -0.39 is 0 Å². The monoisotopic (exact) mass is 217 g/mol. The van der Waals surface area contributed by atoms with Gasteiger partial charge in [0.1, 0.15) is 0 Å². The van der Waals surface area contributed by atoms with E-state index >= 15 is 0 Å². The highest BCUT2D eigenvalue weighted by atomic mass is 15.0. The standard InChI is InChI=1S/C15H23N/c1-5-16-14-10-13(15(14,3)4)12-8-6-7-11(2)9-12/h6-9,13-14,16H,5,10H2,1-4H3. The van der Waals surface area contributed by atoms with Crippen molar-refractivity contribution in [2.45, 2.75) is 46.1 Å². The highest BCUT2D eigenvalue weighted by Gasteiger charge is 2.47. The first-order valence-corrected chi connectivity index (χ1v) is 6.35. The van der Waals surface area contributed by atoms with Crippen LogP contribution in [0.5, 0.6) is 0 Å². The van der Waals surface area contributed by atoms with Gasteiger partial charge in [0.15, 0.2) is 0 Å². The zero-order chi connectivity index (χ0) is 11.8. The van der Waals surface area contributed by atoms with Gasteiger partial charge in [0.05, 0.1) is 0 Å². The highest BCUT2D eigenvalue weighted by molar-refractivity contribution is 5.30. The van der Waals surface area contributed by atoms with Crippen LogP contribution in [0.1, 0.15) is 44.2 Å². The van der Waals surface area contributed by atoms with Gasteiger partial charge in [0.2, 0.25) is 0 Å². The van der Waals surface area contributed by atoms with Crippen LogP contribution in [-0.2, 0) is 0 Å². The summed E-state index contributed by atoms with van der Waals surface area (Å²) in [5.74, 6) is 0.719. The third-order valence-electron chi connectivity index (χ3n) is 4.16. The molecule has 0 saturated heterocycles. The minimum Gasteiger partial charge on any atom is -0.314 e. The van der Waals surface area contributed by atoms with E-state index in [-0.39, 0.29) is 0 Å². The van der Waals surface area contributed by atoms with Gasteiger partial charge in [-0.1, -0.05) is 50.6 Å². The summed E-state index contributed by atoms with van der Waals surface area (Å²) < 4.78 is 0. The molecule has 0 spiro atoms. The molecule has 1 fully saturated rings. The van der Waals surface area contributed by atoms with Crippen molar-refractivity contribution in [3.05, 3.63) is 35.4 Å². The summed E-state index contributed by atoms with van der Waals surface area (Å²) in [5.41, 5.74) is 3.28. The predicted molar refractivity (Wildman–Crippen MR) is 69.8 cm³/mol. The summed E-state index contributed by atoms with van der Waals surface area (Å²) in [5, 5.41) is 3.59. The van der Waals surface area contributed by atoms with Crippen LogP contribution in [0.2, 0.25) is 0 Å². The molecule has 2 unspecified atom stereocenters. The van der Waals surface area contributed by atoms with Crippen molar-refractivity contribution in [2.24, 2.45) is 5.41 Å². The first kappa shape index (κ1) is 11.7. The van der Waals surface area contributed by atoms with Gasteiger partial charge < -0.3 is 5.32 Å². The van der Waals surface area contributed by atoms with Gasteiger partial charge in [0, 0.05) is 6.04 Å². The van der Waals surface area contributed by atoms with Crippen molar-refractivity contribution in [1.82, 2.24) is 5.32 Å². The Morgan fingerprint density at radius 3 is 2.69 bits per heavy atom. The SMILES string of the molecule is CCNC1CC(c2cccc(C)c2)C1(C)C. The maximum absolute atomic E-state index is 3.59. The van der Waals surface area contributed by atoms with Gasteiger partial charge in [-0.15, -0.1) is 0 Å². The molecule has 1 aromatic carbocycles. The lowest BCUT2D eigenvalue weighted by molar-refractivity contribution is 0.0706. The van der Waals surface area contributed by atoms with Crippen molar-refractivity contribution >= 4 is 0 Å². The fourth-order valence-electron chi connectivity index (χ4n) is 2.97. The summed E-state index contributed by atoms with van der Waals surface area (Å²) in [6, 6.07) is 9.66. The molecule has 1 aliphatic carbocycles. The van der Waals surface area contributed by atoms with Crippen LogP contribution < -0.4 is 5.32 Å². The average molecular weight is 217 g/mol. The molecule has 1 aromatic rings. The van der Waals surface area contributed by atoms with Crippen LogP contribution in [0.3, 0.4) is 0 Å². The minimum absolute atomic E-state index is 0.393. The van der Waals surface area contributed by atoms with Crippen molar-refractivity contribution < 1.29 is 0 Å². The molecular weight excluding hydrogens is 194 g/mol.